The van der Waals surface area contributed by atoms with Crippen molar-refractivity contribution in [2.24, 2.45) is 4.99 Å². The van der Waals surface area contributed by atoms with Crippen LogP contribution in [0.25, 0.3) is 5.70 Å². The zero-order chi connectivity index (χ0) is 28.7. The van der Waals surface area contributed by atoms with Gasteiger partial charge in [0.05, 0.1) is 25.5 Å². The highest BCUT2D eigenvalue weighted by Gasteiger charge is 2.31. The Hall–Kier alpha value is -3.90. The number of anilines is 1. The summed E-state index contributed by atoms with van der Waals surface area (Å²) in [5.41, 5.74) is 3.15. The maximum Gasteiger partial charge on any atom is 0.573 e. The first-order valence-corrected chi connectivity index (χ1v) is 12.9. The molecule has 12 heteroatoms. The minimum atomic E-state index is -4.76. The number of aliphatic imine (C=N–C) groups is 1. The fourth-order valence-electron chi connectivity index (χ4n) is 4.30. The third kappa shape index (κ3) is 8.30. The fourth-order valence-corrected chi connectivity index (χ4v) is 4.30. The second kappa shape index (κ2) is 13.0. The first-order valence-electron chi connectivity index (χ1n) is 12.9. The summed E-state index contributed by atoms with van der Waals surface area (Å²) < 4.78 is 48.4. The largest absolute Gasteiger partial charge is 0.573 e. The van der Waals surface area contributed by atoms with Crippen molar-refractivity contribution in [1.29, 1.82) is 0 Å². The topological polar surface area (TPSA) is 97.0 Å². The number of aliphatic hydroxyl groups excluding tert-OH is 1. The molecule has 3 heterocycles. The van der Waals surface area contributed by atoms with E-state index in [-0.39, 0.29) is 17.8 Å². The van der Waals surface area contributed by atoms with Crippen molar-refractivity contribution in [2.75, 3.05) is 38.6 Å². The summed E-state index contributed by atoms with van der Waals surface area (Å²) in [7, 11) is 1.46. The lowest BCUT2D eigenvalue weighted by Crippen LogP contribution is -2.38. The van der Waals surface area contributed by atoms with E-state index in [0.717, 1.165) is 56.1 Å². The Bertz CT molecular complexity index is 1300. The van der Waals surface area contributed by atoms with Gasteiger partial charge in [-0.2, -0.15) is 5.10 Å². The van der Waals surface area contributed by atoms with E-state index >= 15 is 0 Å². The molecule has 4 rings (SSSR count). The average molecular weight is 559 g/mol. The van der Waals surface area contributed by atoms with E-state index in [0.29, 0.717) is 23.5 Å². The molecular weight excluding hydrogens is 525 g/mol. The maximum absolute atomic E-state index is 12.4. The Morgan fingerprint density at radius 1 is 1.18 bits per heavy atom. The number of nitrogens with zero attached hydrogens (tertiary/aromatic N) is 5. The van der Waals surface area contributed by atoms with Crippen molar-refractivity contribution in [1.82, 2.24) is 19.7 Å². The standard InChI is InChI=1S/C28H33F3N6O3/c1-19-16-25(27(39-3)34-20(2)22-5-7-24(8-6-22)40-28(29,30)31)35-37(19)18-21-4-9-26(33-17-21)32-12-15-36-13-10-23(38)11-14-36/h4-9,16-17,23,38H,2,10-15,18H2,1,3H3,(H,32,33). The van der Waals surface area contributed by atoms with E-state index in [1.165, 1.54) is 31.4 Å². The highest BCUT2D eigenvalue weighted by Crippen LogP contribution is 2.25. The van der Waals surface area contributed by atoms with E-state index in [9.17, 15) is 18.3 Å². The Kier molecular flexibility index (Phi) is 9.43. The number of likely N-dealkylation sites (tertiary alicyclic amines) is 1. The Balaban J connectivity index is 1.34. The molecule has 0 spiro atoms. The number of alkyl halides is 3. The number of piperidine rings is 1. The lowest BCUT2D eigenvalue weighted by Gasteiger charge is -2.29. The first kappa shape index (κ1) is 29.1. The Labute approximate surface area is 231 Å². The summed E-state index contributed by atoms with van der Waals surface area (Å²) in [6, 6.07) is 11.0. The molecule has 1 aliphatic rings. The number of hydrogen-bond donors (Lipinski definition) is 2. The molecule has 1 aromatic carbocycles. The van der Waals surface area contributed by atoms with Crippen LogP contribution in [0.15, 0.2) is 60.2 Å². The molecule has 1 fully saturated rings. The minimum absolute atomic E-state index is 0.169. The van der Waals surface area contributed by atoms with Crippen LogP contribution in [0, 0.1) is 6.92 Å². The molecule has 0 radical (unpaired) electrons. The van der Waals surface area contributed by atoms with Crippen molar-refractivity contribution < 1.29 is 27.8 Å². The molecule has 0 amide bonds. The van der Waals surface area contributed by atoms with Gasteiger partial charge in [-0.1, -0.05) is 12.6 Å². The second-order valence-corrected chi connectivity index (χ2v) is 9.52. The summed E-state index contributed by atoms with van der Waals surface area (Å²) in [6.07, 6.45) is -1.47. The number of halogens is 3. The number of benzene rings is 1. The third-order valence-corrected chi connectivity index (χ3v) is 6.50. The summed E-state index contributed by atoms with van der Waals surface area (Å²) >= 11 is 0. The number of ether oxygens (including phenoxy) is 2. The van der Waals surface area contributed by atoms with Crippen molar-refractivity contribution in [2.45, 2.75) is 38.8 Å². The number of aromatic nitrogens is 3. The van der Waals surface area contributed by atoms with Gasteiger partial charge in [0.25, 0.3) is 0 Å². The highest BCUT2D eigenvalue weighted by atomic mass is 19.4. The van der Waals surface area contributed by atoms with Crippen LogP contribution in [0.3, 0.4) is 0 Å². The molecule has 0 bridgehead atoms. The normalized spacial score (nSPS) is 15.2. The molecule has 0 saturated carbocycles. The summed E-state index contributed by atoms with van der Waals surface area (Å²) in [5, 5.41) is 17.6. The van der Waals surface area contributed by atoms with E-state index in [4.69, 9.17) is 4.74 Å². The van der Waals surface area contributed by atoms with Crippen molar-refractivity contribution in [3.63, 3.8) is 0 Å². The van der Waals surface area contributed by atoms with Crippen molar-refractivity contribution in [3.05, 3.63) is 77.8 Å². The molecule has 3 aromatic rings. The van der Waals surface area contributed by atoms with Crippen LogP contribution in [0.4, 0.5) is 19.0 Å². The van der Waals surface area contributed by atoms with E-state index in [1.807, 2.05) is 29.8 Å². The average Bonchev–Trinajstić information content (AvgIpc) is 3.28. The van der Waals surface area contributed by atoms with Gasteiger partial charge in [0.2, 0.25) is 5.90 Å². The predicted molar refractivity (Wildman–Crippen MR) is 146 cm³/mol. The summed E-state index contributed by atoms with van der Waals surface area (Å²) in [5.74, 6) is 0.694. The summed E-state index contributed by atoms with van der Waals surface area (Å²) in [4.78, 5) is 11.3. The van der Waals surface area contributed by atoms with Gasteiger partial charge in [0.15, 0.2) is 0 Å². The molecular formula is C28H33F3N6O3. The van der Waals surface area contributed by atoms with Crippen LogP contribution in [-0.2, 0) is 11.3 Å². The molecule has 40 heavy (non-hydrogen) atoms. The van der Waals surface area contributed by atoms with Crippen LogP contribution >= 0.6 is 0 Å². The second-order valence-electron chi connectivity index (χ2n) is 9.52. The van der Waals surface area contributed by atoms with Gasteiger partial charge in [-0.05, 0) is 67.3 Å². The molecule has 0 aliphatic carbocycles. The number of rotatable bonds is 10. The monoisotopic (exact) mass is 558 g/mol. The van der Waals surface area contributed by atoms with Crippen LogP contribution in [0.1, 0.15) is 35.4 Å². The fraction of sp³-hybridized carbons (Fsp3) is 0.393. The maximum atomic E-state index is 12.4. The lowest BCUT2D eigenvalue weighted by atomic mass is 10.1. The number of aryl methyl sites for hydroxylation is 1. The Morgan fingerprint density at radius 3 is 2.52 bits per heavy atom. The van der Waals surface area contributed by atoms with Gasteiger partial charge in [0.1, 0.15) is 17.3 Å². The van der Waals surface area contributed by atoms with Crippen molar-refractivity contribution in [3.8, 4) is 5.75 Å². The quantitative estimate of drug-likeness (QED) is 0.280. The number of pyridine rings is 1. The van der Waals surface area contributed by atoms with Crippen LogP contribution < -0.4 is 10.1 Å². The first-order chi connectivity index (χ1) is 19.1. The number of aliphatic hydroxyl groups is 1. The predicted octanol–water partition coefficient (Wildman–Crippen LogP) is 4.47. The number of methoxy groups -OCH3 is 1. The molecule has 1 saturated heterocycles. The SMILES string of the molecule is C=C(N=C(OC)c1cc(C)n(Cc2ccc(NCCN3CCC(O)CC3)nc2)n1)c1ccc(OC(F)(F)F)cc1. The lowest BCUT2D eigenvalue weighted by molar-refractivity contribution is -0.274. The highest BCUT2D eigenvalue weighted by molar-refractivity contribution is 5.95. The van der Waals surface area contributed by atoms with Crippen LogP contribution in [0.5, 0.6) is 5.75 Å². The molecule has 9 nitrogen and oxygen atoms in total. The molecule has 0 unspecified atom stereocenters. The van der Waals surface area contributed by atoms with Gasteiger partial charge in [-0.15, -0.1) is 13.2 Å². The van der Waals surface area contributed by atoms with E-state index in [1.54, 1.807) is 6.20 Å². The Morgan fingerprint density at radius 2 is 1.90 bits per heavy atom. The number of hydrogen-bond acceptors (Lipinski definition) is 8. The molecule has 1 aliphatic heterocycles. The third-order valence-electron chi connectivity index (χ3n) is 6.50. The van der Waals surface area contributed by atoms with Crippen molar-refractivity contribution >= 4 is 17.4 Å². The van der Waals surface area contributed by atoms with Gasteiger partial charge < -0.3 is 24.8 Å². The molecule has 0 atom stereocenters. The number of nitrogens with one attached hydrogen (secondary N) is 1. The summed E-state index contributed by atoms with van der Waals surface area (Å²) in [6.45, 7) is 9.83. The zero-order valence-corrected chi connectivity index (χ0v) is 22.5. The molecule has 2 N–H and O–H groups in total. The van der Waals surface area contributed by atoms with E-state index in [2.05, 4.69) is 36.6 Å². The van der Waals surface area contributed by atoms with Gasteiger partial charge >= 0.3 is 6.36 Å². The zero-order valence-electron chi connectivity index (χ0n) is 22.5. The smallest absolute Gasteiger partial charge is 0.479 e. The van der Waals surface area contributed by atoms with Crippen LogP contribution in [0.2, 0.25) is 0 Å². The van der Waals surface area contributed by atoms with E-state index < -0.39 is 6.36 Å². The molecule has 214 valence electrons. The van der Waals surface area contributed by atoms with Gasteiger partial charge in [-0.25, -0.2) is 9.98 Å². The van der Waals surface area contributed by atoms with Gasteiger partial charge in [0, 0.05) is 38.1 Å². The minimum Gasteiger partial charge on any atom is -0.479 e. The van der Waals surface area contributed by atoms with Crippen LogP contribution in [-0.4, -0.2) is 76.4 Å². The molecule has 2 aromatic heterocycles. The van der Waals surface area contributed by atoms with Gasteiger partial charge in [-0.3, -0.25) is 4.68 Å².